The third-order valence-corrected chi connectivity index (χ3v) is 5.45. The number of nitrogens with one attached hydrogen (secondary N) is 1. The van der Waals surface area contributed by atoms with Crippen LogP contribution < -0.4 is 10.1 Å². The van der Waals surface area contributed by atoms with Crippen LogP contribution in [-0.4, -0.2) is 23.6 Å². The summed E-state index contributed by atoms with van der Waals surface area (Å²) >= 11 is 0. The minimum absolute atomic E-state index is 0.121. The van der Waals surface area contributed by atoms with Crippen LogP contribution in [0.25, 0.3) is 0 Å². The van der Waals surface area contributed by atoms with Gasteiger partial charge in [-0.15, -0.1) is 0 Å². The molecule has 0 radical (unpaired) electrons. The monoisotopic (exact) mass is 319 g/mol. The highest BCUT2D eigenvalue weighted by Crippen LogP contribution is 2.56. The Kier molecular flexibility index (Phi) is 4.68. The van der Waals surface area contributed by atoms with E-state index >= 15 is 0 Å². The van der Waals surface area contributed by atoms with E-state index in [1.807, 2.05) is 20.8 Å². The van der Waals surface area contributed by atoms with Crippen LogP contribution in [0.5, 0.6) is 5.75 Å². The lowest BCUT2D eigenvalue weighted by atomic mass is 9.65. The van der Waals surface area contributed by atoms with Gasteiger partial charge in [-0.1, -0.05) is 13.8 Å². The summed E-state index contributed by atoms with van der Waals surface area (Å²) in [5.74, 6) is -0.525. The highest BCUT2D eigenvalue weighted by atomic mass is 16.5. The standard InChI is InChI=1S/C18H25NO4/c1-5-23-13-8-6-12(7-9-13)19-15(20)14-10-11-18(4,16(21)22)17(14,2)3/h6-9,14H,5,10-11H2,1-4H3,(H,19,20)(H,21,22)/t14-,18+/m1/s1. The second-order valence-electron chi connectivity index (χ2n) is 6.90. The number of rotatable bonds is 5. The molecular formula is C18H25NO4. The van der Waals surface area contributed by atoms with Gasteiger partial charge in [0.15, 0.2) is 0 Å². The van der Waals surface area contributed by atoms with E-state index in [0.29, 0.717) is 25.1 Å². The van der Waals surface area contributed by atoms with Crippen LogP contribution in [0.2, 0.25) is 0 Å². The zero-order valence-electron chi connectivity index (χ0n) is 14.2. The summed E-state index contributed by atoms with van der Waals surface area (Å²) < 4.78 is 5.37. The van der Waals surface area contributed by atoms with Gasteiger partial charge in [0.1, 0.15) is 5.75 Å². The van der Waals surface area contributed by atoms with Crippen molar-refractivity contribution in [2.24, 2.45) is 16.7 Å². The summed E-state index contributed by atoms with van der Waals surface area (Å²) in [4.78, 5) is 24.2. The first-order chi connectivity index (χ1) is 10.7. The van der Waals surface area contributed by atoms with Crippen molar-refractivity contribution in [2.45, 2.75) is 40.5 Å². The molecule has 1 aromatic rings. The molecule has 2 rings (SSSR count). The van der Waals surface area contributed by atoms with Crippen LogP contribution in [0.15, 0.2) is 24.3 Å². The number of benzene rings is 1. The number of carboxylic acids is 1. The largest absolute Gasteiger partial charge is 0.494 e. The lowest BCUT2D eigenvalue weighted by Crippen LogP contribution is -2.43. The number of anilines is 1. The molecule has 5 nitrogen and oxygen atoms in total. The molecule has 0 bridgehead atoms. The van der Waals surface area contributed by atoms with Crippen LogP contribution in [0.3, 0.4) is 0 Å². The van der Waals surface area contributed by atoms with Crippen LogP contribution >= 0.6 is 0 Å². The Bertz CT molecular complexity index is 594. The summed E-state index contributed by atoms with van der Waals surface area (Å²) in [5.41, 5.74) is -0.791. The first-order valence-electron chi connectivity index (χ1n) is 7.99. The van der Waals surface area contributed by atoms with Crippen molar-refractivity contribution in [3.05, 3.63) is 24.3 Å². The highest BCUT2D eigenvalue weighted by Gasteiger charge is 2.58. The van der Waals surface area contributed by atoms with E-state index in [9.17, 15) is 14.7 Å². The third-order valence-electron chi connectivity index (χ3n) is 5.45. The van der Waals surface area contributed by atoms with E-state index in [-0.39, 0.29) is 11.8 Å². The van der Waals surface area contributed by atoms with Gasteiger partial charge in [0.25, 0.3) is 0 Å². The van der Waals surface area contributed by atoms with Gasteiger partial charge in [0, 0.05) is 11.6 Å². The predicted octanol–water partition coefficient (Wildman–Crippen LogP) is 3.55. The van der Waals surface area contributed by atoms with Crippen molar-refractivity contribution >= 4 is 17.6 Å². The minimum Gasteiger partial charge on any atom is -0.494 e. The maximum atomic E-state index is 12.6. The van der Waals surface area contributed by atoms with Gasteiger partial charge in [-0.2, -0.15) is 0 Å². The molecule has 0 saturated heterocycles. The van der Waals surface area contributed by atoms with E-state index in [1.54, 1.807) is 31.2 Å². The zero-order chi connectivity index (χ0) is 17.3. The van der Waals surface area contributed by atoms with Gasteiger partial charge in [-0.05, 0) is 56.4 Å². The Morgan fingerprint density at radius 2 is 1.87 bits per heavy atom. The normalized spacial score (nSPS) is 25.8. The maximum Gasteiger partial charge on any atom is 0.309 e. The molecule has 5 heteroatoms. The summed E-state index contributed by atoms with van der Waals surface area (Å²) in [6.07, 6.45) is 1.09. The summed E-state index contributed by atoms with van der Waals surface area (Å²) in [6, 6.07) is 7.20. The molecule has 0 unspecified atom stereocenters. The van der Waals surface area contributed by atoms with E-state index < -0.39 is 16.8 Å². The van der Waals surface area contributed by atoms with Crippen molar-refractivity contribution in [3.8, 4) is 5.75 Å². The van der Waals surface area contributed by atoms with Crippen molar-refractivity contribution in [1.29, 1.82) is 0 Å². The van der Waals surface area contributed by atoms with E-state index in [0.717, 1.165) is 5.75 Å². The van der Waals surface area contributed by atoms with Gasteiger partial charge >= 0.3 is 5.97 Å². The van der Waals surface area contributed by atoms with Crippen LogP contribution in [0.1, 0.15) is 40.5 Å². The molecule has 0 spiro atoms. The molecule has 126 valence electrons. The van der Waals surface area contributed by atoms with E-state index in [4.69, 9.17) is 4.74 Å². The molecule has 23 heavy (non-hydrogen) atoms. The number of carboxylic acid groups (broad SMARTS) is 1. The Hall–Kier alpha value is -2.04. The molecule has 0 aromatic heterocycles. The Balaban J connectivity index is 2.11. The highest BCUT2D eigenvalue weighted by molar-refractivity contribution is 5.94. The number of hydrogen-bond donors (Lipinski definition) is 2. The molecule has 1 aliphatic carbocycles. The SMILES string of the molecule is CCOc1ccc(NC(=O)[C@H]2CC[C@@](C)(C(=O)O)C2(C)C)cc1. The fourth-order valence-corrected chi connectivity index (χ4v) is 3.37. The fraction of sp³-hybridized carbons (Fsp3) is 0.556. The van der Waals surface area contributed by atoms with Gasteiger partial charge in [-0.25, -0.2) is 0 Å². The summed E-state index contributed by atoms with van der Waals surface area (Å²) in [6.45, 7) is 7.99. The number of aliphatic carboxylic acids is 1. The molecule has 1 saturated carbocycles. The molecule has 2 N–H and O–H groups in total. The first kappa shape index (κ1) is 17.3. The van der Waals surface area contributed by atoms with Crippen LogP contribution in [0, 0.1) is 16.7 Å². The zero-order valence-corrected chi connectivity index (χ0v) is 14.2. The van der Waals surface area contributed by atoms with Gasteiger partial charge in [0.2, 0.25) is 5.91 Å². The molecule has 1 aliphatic rings. The van der Waals surface area contributed by atoms with Crippen LogP contribution in [0.4, 0.5) is 5.69 Å². The third kappa shape index (κ3) is 3.05. The Labute approximate surface area is 137 Å². The van der Waals surface area contributed by atoms with Gasteiger partial charge < -0.3 is 15.2 Å². The van der Waals surface area contributed by atoms with Crippen molar-refractivity contribution < 1.29 is 19.4 Å². The molecule has 1 amide bonds. The van der Waals surface area contributed by atoms with Crippen molar-refractivity contribution in [3.63, 3.8) is 0 Å². The Morgan fingerprint density at radius 1 is 1.26 bits per heavy atom. The van der Waals surface area contributed by atoms with E-state index in [2.05, 4.69) is 5.32 Å². The number of ether oxygens (including phenoxy) is 1. The average Bonchev–Trinajstić information content (AvgIpc) is 2.73. The Morgan fingerprint density at radius 3 is 2.35 bits per heavy atom. The van der Waals surface area contributed by atoms with Crippen molar-refractivity contribution in [1.82, 2.24) is 0 Å². The quantitative estimate of drug-likeness (QED) is 0.870. The number of amides is 1. The first-order valence-corrected chi connectivity index (χ1v) is 7.99. The second kappa shape index (κ2) is 6.22. The average molecular weight is 319 g/mol. The smallest absolute Gasteiger partial charge is 0.309 e. The molecule has 0 aliphatic heterocycles. The van der Waals surface area contributed by atoms with E-state index in [1.165, 1.54) is 0 Å². The predicted molar refractivity (Wildman–Crippen MR) is 88.5 cm³/mol. The van der Waals surface area contributed by atoms with Gasteiger partial charge in [-0.3, -0.25) is 9.59 Å². The summed E-state index contributed by atoms with van der Waals surface area (Å²) in [5, 5.41) is 12.4. The van der Waals surface area contributed by atoms with Gasteiger partial charge in [0.05, 0.1) is 12.0 Å². The number of carbonyl (C=O) groups excluding carboxylic acids is 1. The molecule has 2 atom stereocenters. The molecular weight excluding hydrogens is 294 g/mol. The molecule has 1 aromatic carbocycles. The minimum atomic E-state index is -0.881. The molecule has 0 heterocycles. The number of carbonyl (C=O) groups is 2. The summed E-state index contributed by atoms with van der Waals surface area (Å²) in [7, 11) is 0. The molecule has 1 fully saturated rings. The maximum absolute atomic E-state index is 12.6. The van der Waals surface area contributed by atoms with Crippen molar-refractivity contribution in [2.75, 3.05) is 11.9 Å². The second-order valence-corrected chi connectivity index (χ2v) is 6.90. The lowest BCUT2D eigenvalue weighted by Gasteiger charge is -2.37. The fourth-order valence-electron chi connectivity index (χ4n) is 3.37. The number of hydrogen-bond acceptors (Lipinski definition) is 3. The lowest BCUT2D eigenvalue weighted by molar-refractivity contribution is -0.154. The van der Waals surface area contributed by atoms with Crippen LogP contribution in [-0.2, 0) is 9.59 Å². The topological polar surface area (TPSA) is 75.6 Å².